The molecule has 4 aromatic rings. The highest BCUT2D eigenvalue weighted by molar-refractivity contribution is 7.87. The van der Waals surface area contributed by atoms with Crippen molar-refractivity contribution in [1.82, 2.24) is 28.0 Å². The summed E-state index contributed by atoms with van der Waals surface area (Å²) >= 11 is 0. The second-order valence-electron chi connectivity index (χ2n) is 7.51. The first kappa shape index (κ1) is 23.7. The summed E-state index contributed by atoms with van der Waals surface area (Å²) in [7, 11) is -3.39. The van der Waals surface area contributed by atoms with Gasteiger partial charge >= 0.3 is 5.84 Å². The highest BCUT2D eigenvalue weighted by Crippen LogP contribution is 2.33. The third-order valence-corrected chi connectivity index (χ3v) is 7.64. The van der Waals surface area contributed by atoms with Crippen LogP contribution in [0.1, 0.15) is 14.4 Å². The Bertz CT molecular complexity index is 1400. The Labute approximate surface area is 197 Å². The zero-order valence-corrected chi connectivity index (χ0v) is 18.7. The van der Waals surface area contributed by atoms with Crippen LogP contribution in [-0.4, -0.2) is 74.2 Å². The average molecular weight is 486 g/mol. The van der Waals surface area contributed by atoms with Gasteiger partial charge in [0.05, 0.1) is 5.69 Å². The van der Waals surface area contributed by atoms with Crippen molar-refractivity contribution in [2.75, 3.05) is 38.0 Å². The Morgan fingerprint density at radius 2 is 2.00 bits per heavy atom. The fourth-order valence-electron chi connectivity index (χ4n) is 3.92. The number of fused-ring (bicyclic) bond motifs is 1. The zero-order chi connectivity index (χ0) is 23.0. The van der Waals surface area contributed by atoms with E-state index in [1.54, 1.807) is 41.1 Å². The topological polar surface area (TPSA) is 129 Å². The smallest absolute Gasteiger partial charge is 0.306 e. The minimum Gasteiger partial charge on any atom is -0.508 e. The van der Waals surface area contributed by atoms with E-state index in [1.807, 2.05) is 13.0 Å². The standard InChI is InChI=1S/C21H23N7O4S.CH4/c1-2-26-10-11-27(33(26,30)31)9-8-23-20-22-7-6-17(24-20)19-18(15-4-3-5-16(29)14-15)25-21-28(19)12-13-32-21;/h3-7,12-14,29H,2,8-11H2,1H3,(H,22,23,24);1H4. The summed E-state index contributed by atoms with van der Waals surface area (Å²) in [6, 6.07) is 8.58. The van der Waals surface area contributed by atoms with Crippen LogP contribution in [0, 0.1) is 0 Å². The monoisotopic (exact) mass is 485 g/mol. The maximum absolute atomic E-state index is 12.4. The lowest BCUT2D eigenvalue weighted by atomic mass is 10.1. The maximum atomic E-state index is 12.4. The molecule has 1 saturated heterocycles. The molecule has 0 radical (unpaired) electrons. The lowest BCUT2D eigenvalue weighted by molar-refractivity contribution is 0.454. The van der Waals surface area contributed by atoms with Crippen molar-refractivity contribution in [2.24, 2.45) is 0 Å². The van der Waals surface area contributed by atoms with Crippen molar-refractivity contribution in [3.05, 3.63) is 49.0 Å². The minimum absolute atomic E-state index is 0. The number of likely N-dealkylation sites (N-methyl/N-ethyl adjacent to an activating group) is 1. The Morgan fingerprint density at radius 3 is 2.76 bits per heavy atom. The molecule has 1 aromatic carbocycles. The number of nitrogens with zero attached hydrogens (tertiary/aromatic N) is 6. The number of oxazole rings is 1. The van der Waals surface area contributed by atoms with Crippen molar-refractivity contribution < 1.29 is 17.9 Å². The van der Waals surface area contributed by atoms with E-state index in [9.17, 15) is 13.5 Å². The van der Waals surface area contributed by atoms with E-state index in [0.717, 1.165) is 5.56 Å². The quantitative estimate of drug-likeness (QED) is 0.409. The van der Waals surface area contributed by atoms with Crippen LogP contribution in [0.5, 0.6) is 5.75 Å². The Kier molecular flexibility index (Phi) is 6.55. The van der Waals surface area contributed by atoms with E-state index >= 15 is 0 Å². The van der Waals surface area contributed by atoms with Gasteiger partial charge in [-0.25, -0.2) is 9.97 Å². The van der Waals surface area contributed by atoms with Gasteiger partial charge in [0.15, 0.2) is 0 Å². The van der Waals surface area contributed by atoms with E-state index in [2.05, 4.69) is 20.3 Å². The van der Waals surface area contributed by atoms with Crippen molar-refractivity contribution in [3.8, 4) is 28.4 Å². The molecule has 12 heteroatoms. The predicted octanol–water partition coefficient (Wildman–Crippen LogP) is 2.69. The maximum Gasteiger partial charge on any atom is 0.306 e. The summed E-state index contributed by atoms with van der Waals surface area (Å²) in [5.41, 5.74) is 2.62. The van der Waals surface area contributed by atoms with E-state index in [4.69, 9.17) is 4.42 Å². The summed E-state index contributed by atoms with van der Waals surface area (Å²) in [5.74, 6) is 0.902. The molecule has 0 aliphatic carbocycles. The fourth-order valence-corrected chi connectivity index (χ4v) is 5.52. The van der Waals surface area contributed by atoms with Gasteiger partial charge < -0.3 is 14.8 Å². The van der Waals surface area contributed by atoms with Crippen LogP contribution in [0.2, 0.25) is 0 Å². The van der Waals surface area contributed by atoms with Gasteiger partial charge in [-0.15, -0.1) is 0 Å². The fraction of sp³-hybridized carbons (Fsp3) is 0.318. The summed E-state index contributed by atoms with van der Waals surface area (Å²) in [4.78, 5) is 13.5. The van der Waals surface area contributed by atoms with E-state index in [0.29, 0.717) is 61.6 Å². The number of nitrogens with one attached hydrogen (secondary N) is 1. The first-order valence-corrected chi connectivity index (χ1v) is 11.9. The molecular weight excluding hydrogens is 458 g/mol. The van der Waals surface area contributed by atoms with Gasteiger partial charge in [-0.3, -0.25) is 4.40 Å². The molecule has 1 fully saturated rings. The first-order valence-electron chi connectivity index (χ1n) is 10.5. The summed E-state index contributed by atoms with van der Waals surface area (Å²) in [5, 5.41) is 13.0. The van der Waals surface area contributed by atoms with Crippen LogP contribution in [0.25, 0.3) is 28.5 Å². The number of imidazole rings is 1. The highest BCUT2D eigenvalue weighted by atomic mass is 32.2. The second-order valence-corrected chi connectivity index (χ2v) is 9.43. The van der Waals surface area contributed by atoms with Gasteiger partial charge in [0.2, 0.25) is 5.95 Å². The molecule has 4 heterocycles. The van der Waals surface area contributed by atoms with Crippen molar-refractivity contribution in [2.45, 2.75) is 14.4 Å². The minimum atomic E-state index is -3.39. The number of rotatable bonds is 7. The van der Waals surface area contributed by atoms with Gasteiger partial charge in [-0.05, 0) is 18.2 Å². The van der Waals surface area contributed by atoms with Gasteiger partial charge in [-0.2, -0.15) is 22.0 Å². The number of phenols is 1. The van der Waals surface area contributed by atoms with Gasteiger partial charge in [0.1, 0.15) is 23.4 Å². The molecule has 180 valence electrons. The third kappa shape index (κ3) is 4.22. The van der Waals surface area contributed by atoms with Crippen molar-refractivity contribution >= 4 is 22.0 Å². The summed E-state index contributed by atoms with van der Waals surface area (Å²) in [6.07, 6.45) is 4.91. The highest BCUT2D eigenvalue weighted by Gasteiger charge is 2.34. The third-order valence-electron chi connectivity index (χ3n) is 5.53. The Morgan fingerprint density at radius 1 is 1.18 bits per heavy atom. The van der Waals surface area contributed by atoms with Crippen molar-refractivity contribution in [3.63, 3.8) is 0 Å². The molecule has 0 bridgehead atoms. The number of aromatic nitrogens is 4. The van der Waals surface area contributed by atoms with E-state index in [1.165, 1.54) is 14.9 Å². The number of hydrogen-bond donors (Lipinski definition) is 2. The SMILES string of the molecule is C.CCN1CCN(CCNc2nccc(-c3c(-c4cccc(O)c4)nc4occn34)n2)S1(=O)=O. The van der Waals surface area contributed by atoms with Crippen LogP contribution in [0.4, 0.5) is 5.95 Å². The Hall–Kier alpha value is -3.48. The second kappa shape index (κ2) is 9.41. The molecule has 0 amide bonds. The molecular formula is C22H27N7O4S. The zero-order valence-electron chi connectivity index (χ0n) is 17.9. The summed E-state index contributed by atoms with van der Waals surface area (Å²) in [6.45, 7) is 3.96. The molecule has 0 saturated carbocycles. The Balaban J connectivity index is 0.00000274. The van der Waals surface area contributed by atoms with Crippen LogP contribution < -0.4 is 5.32 Å². The number of anilines is 1. The molecule has 0 unspecified atom stereocenters. The molecule has 1 aliphatic heterocycles. The normalized spacial score (nSPS) is 16.0. The molecule has 5 rings (SSSR count). The molecule has 34 heavy (non-hydrogen) atoms. The van der Waals surface area contributed by atoms with E-state index in [-0.39, 0.29) is 13.2 Å². The molecule has 0 spiro atoms. The predicted molar refractivity (Wildman–Crippen MR) is 129 cm³/mol. The molecule has 3 aromatic heterocycles. The van der Waals surface area contributed by atoms with Gasteiger partial charge in [0.25, 0.3) is 10.2 Å². The number of hydrogen-bond acceptors (Lipinski definition) is 8. The average Bonchev–Trinajstić information content (AvgIpc) is 3.47. The van der Waals surface area contributed by atoms with Gasteiger partial charge in [0, 0.05) is 50.7 Å². The lowest BCUT2D eigenvalue weighted by Gasteiger charge is -2.17. The molecule has 11 nitrogen and oxygen atoms in total. The van der Waals surface area contributed by atoms with Crippen LogP contribution in [0.15, 0.2) is 53.4 Å². The number of aromatic hydroxyl groups is 1. The molecule has 1 aliphatic rings. The summed E-state index contributed by atoms with van der Waals surface area (Å²) < 4.78 is 35.0. The number of phenolic OH excluding ortho intramolecular Hbond substituents is 1. The van der Waals surface area contributed by atoms with Crippen LogP contribution in [0.3, 0.4) is 0 Å². The van der Waals surface area contributed by atoms with Gasteiger partial charge in [-0.1, -0.05) is 26.5 Å². The molecule has 2 N–H and O–H groups in total. The number of benzene rings is 1. The largest absolute Gasteiger partial charge is 0.508 e. The van der Waals surface area contributed by atoms with Crippen LogP contribution in [-0.2, 0) is 10.2 Å². The first-order chi connectivity index (χ1) is 16.0. The molecule has 0 atom stereocenters. The lowest BCUT2D eigenvalue weighted by Crippen LogP contribution is -2.35. The van der Waals surface area contributed by atoms with Crippen LogP contribution >= 0.6 is 0 Å². The van der Waals surface area contributed by atoms with Crippen molar-refractivity contribution in [1.29, 1.82) is 0 Å². The van der Waals surface area contributed by atoms with E-state index < -0.39 is 10.2 Å².